The van der Waals surface area contributed by atoms with Gasteiger partial charge in [-0.2, -0.15) is 0 Å². The van der Waals surface area contributed by atoms with Crippen LogP contribution in [0.5, 0.6) is 0 Å². The highest BCUT2D eigenvalue weighted by Crippen LogP contribution is 2.03. The molecule has 0 amide bonds. The summed E-state index contributed by atoms with van der Waals surface area (Å²) in [5, 5.41) is 12.0. The lowest BCUT2D eigenvalue weighted by Gasteiger charge is -1.83. The zero-order valence-corrected chi connectivity index (χ0v) is 4.96. The Bertz CT molecular complexity index is 145. The maximum absolute atomic E-state index is 8.52. The van der Waals surface area contributed by atoms with E-state index in [1.807, 2.05) is 0 Å². The molecule has 0 atom stereocenters. The fourth-order valence-electron chi connectivity index (χ4n) is 0.280. The van der Waals surface area contributed by atoms with Gasteiger partial charge in [-0.05, 0) is 22.0 Å². The Labute approximate surface area is 48.7 Å². The van der Waals surface area contributed by atoms with Crippen molar-refractivity contribution in [1.82, 2.24) is 9.94 Å². The molecular weight excluding hydrogens is 160 g/mol. The van der Waals surface area contributed by atoms with Gasteiger partial charge in [-0.1, -0.05) is 4.85 Å². The first-order valence-corrected chi connectivity index (χ1v) is 2.49. The standard InChI is InChI=1S/C3H3BrN2O/c4-3-1-2-5-6(3)7/h1-2,7H. The third-order valence-electron chi connectivity index (χ3n) is 0.579. The molecule has 0 radical (unpaired) electrons. The van der Waals surface area contributed by atoms with E-state index in [2.05, 4.69) is 21.0 Å². The average Bonchev–Trinajstić information content (AvgIpc) is 1.91. The summed E-state index contributed by atoms with van der Waals surface area (Å²) in [5.41, 5.74) is 0. The van der Waals surface area contributed by atoms with Crippen molar-refractivity contribution < 1.29 is 5.21 Å². The highest BCUT2D eigenvalue weighted by atomic mass is 79.9. The van der Waals surface area contributed by atoms with Gasteiger partial charge in [0.1, 0.15) is 4.60 Å². The smallest absolute Gasteiger partial charge is 0.145 e. The van der Waals surface area contributed by atoms with Gasteiger partial charge in [-0.3, -0.25) is 0 Å². The number of aromatic nitrogens is 2. The molecule has 0 bridgehead atoms. The molecule has 0 fully saturated rings. The molecule has 0 spiro atoms. The Morgan fingerprint density at radius 1 is 1.86 bits per heavy atom. The molecule has 0 unspecified atom stereocenters. The monoisotopic (exact) mass is 162 g/mol. The molecule has 1 rings (SSSR count). The van der Waals surface area contributed by atoms with Gasteiger partial charge >= 0.3 is 0 Å². The van der Waals surface area contributed by atoms with E-state index in [0.29, 0.717) is 4.60 Å². The van der Waals surface area contributed by atoms with Crippen LogP contribution in [0.1, 0.15) is 0 Å². The SMILES string of the molecule is On1nccc1Br. The molecule has 1 aromatic rings. The highest BCUT2D eigenvalue weighted by Gasteiger charge is 1.89. The lowest BCUT2D eigenvalue weighted by molar-refractivity contribution is 0.142. The first-order valence-electron chi connectivity index (χ1n) is 1.69. The highest BCUT2D eigenvalue weighted by molar-refractivity contribution is 9.10. The van der Waals surface area contributed by atoms with Gasteiger partial charge in [0.15, 0.2) is 0 Å². The zero-order valence-electron chi connectivity index (χ0n) is 3.37. The van der Waals surface area contributed by atoms with Crippen LogP contribution in [-0.2, 0) is 0 Å². The van der Waals surface area contributed by atoms with Gasteiger partial charge in [-0.15, -0.1) is 5.10 Å². The molecule has 0 aromatic carbocycles. The Kier molecular flexibility index (Phi) is 1.02. The van der Waals surface area contributed by atoms with Crippen molar-refractivity contribution in [2.75, 3.05) is 0 Å². The molecule has 1 aromatic heterocycles. The molecule has 0 aliphatic heterocycles. The maximum Gasteiger partial charge on any atom is 0.145 e. The van der Waals surface area contributed by atoms with Crippen molar-refractivity contribution in [1.29, 1.82) is 0 Å². The van der Waals surface area contributed by atoms with Gasteiger partial charge in [-0.25, -0.2) is 0 Å². The van der Waals surface area contributed by atoms with Crippen LogP contribution in [0.2, 0.25) is 0 Å². The summed E-state index contributed by atoms with van der Waals surface area (Å²) in [6.07, 6.45) is 1.49. The lowest BCUT2D eigenvalue weighted by atomic mass is 10.8. The quantitative estimate of drug-likeness (QED) is 0.576. The minimum absolute atomic E-state index is 0.563. The largest absolute Gasteiger partial charge is 0.411 e. The second-order valence-electron chi connectivity index (χ2n) is 1.04. The van der Waals surface area contributed by atoms with Crippen molar-refractivity contribution >= 4 is 15.9 Å². The molecule has 0 saturated carbocycles. The molecule has 7 heavy (non-hydrogen) atoms. The van der Waals surface area contributed by atoms with E-state index in [4.69, 9.17) is 5.21 Å². The van der Waals surface area contributed by atoms with E-state index < -0.39 is 0 Å². The normalized spacial score (nSPS) is 9.29. The van der Waals surface area contributed by atoms with Crippen LogP contribution in [0.4, 0.5) is 0 Å². The maximum atomic E-state index is 8.52. The third kappa shape index (κ3) is 0.742. The van der Waals surface area contributed by atoms with Gasteiger partial charge < -0.3 is 5.21 Å². The second kappa shape index (κ2) is 1.54. The summed E-state index contributed by atoms with van der Waals surface area (Å²) < 4.78 is 0.563. The third-order valence-corrected chi connectivity index (χ3v) is 1.16. The summed E-state index contributed by atoms with van der Waals surface area (Å²) in [6, 6.07) is 1.64. The van der Waals surface area contributed by atoms with Crippen LogP contribution in [0, 0.1) is 0 Å². The minimum Gasteiger partial charge on any atom is -0.411 e. The fraction of sp³-hybridized carbons (Fsp3) is 0. The van der Waals surface area contributed by atoms with E-state index in [0.717, 1.165) is 4.85 Å². The van der Waals surface area contributed by atoms with Crippen LogP contribution in [-0.4, -0.2) is 15.2 Å². The summed E-state index contributed by atoms with van der Waals surface area (Å²) in [4.78, 5) is 0.750. The van der Waals surface area contributed by atoms with Gasteiger partial charge in [0, 0.05) is 0 Å². The van der Waals surface area contributed by atoms with Crippen molar-refractivity contribution in [3.05, 3.63) is 16.9 Å². The van der Waals surface area contributed by atoms with Crippen LogP contribution >= 0.6 is 15.9 Å². The molecule has 3 nitrogen and oxygen atoms in total. The summed E-state index contributed by atoms with van der Waals surface area (Å²) >= 11 is 3.02. The molecular formula is C3H3BrN2O. The Morgan fingerprint density at radius 3 is 2.71 bits per heavy atom. The zero-order chi connectivity index (χ0) is 5.28. The number of halogens is 1. The fourth-order valence-corrected chi connectivity index (χ4v) is 0.490. The van der Waals surface area contributed by atoms with Crippen LogP contribution in [0.15, 0.2) is 16.9 Å². The summed E-state index contributed by atoms with van der Waals surface area (Å²) in [6.45, 7) is 0. The van der Waals surface area contributed by atoms with Gasteiger partial charge in [0.2, 0.25) is 0 Å². The Morgan fingerprint density at radius 2 is 2.57 bits per heavy atom. The van der Waals surface area contributed by atoms with Crippen molar-refractivity contribution in [3.8, 4) is 0 Å². The van der Waals surface area contributed by atoms with Gasteiger partial charge in [0.05, 0.1) is 6.20 Å². The van der Waals surface area contributed by atoms with E-state index in [-0.39, 0.29) is 0 Å². The van der Waals surface area contributed by atoms with E-state index in [1.165, 1.54) is 6.20 Å². The van der Waals surface area contributed by atoms with E-state index in [9.17, 15) is 0 Å². The van der Waals surface area contributed by atoms with Crippen molar-refractivity contribution in [2.24, 2.45) is 0 Å². The molecule has 1 N–H and O–H groups in total. The minimum atomic E-state index is 0.563. The number of hydrogen-bond donors (Lipinski definition) is 1. The predicted octanol–water partition coefficient (Wildman–Crippen LogP) is 0.883. The Hall–Kier alpha value is -0.510. The second-order valence-corrected chi connectivity index (χ2v) is 1.86. The molecule has 0 aliphatic rings. The number of rotatable bonds is 0. The number of hydrogen-bond acceptors (Lipinski definition) is 2. The van der Waals surface area contributed by atoms with Crippen LogP contribution < -0.4 is 0 Å². The van der Waals surface area contributed by atoms with Crippen molar-refractivity contribution in [3.63, 3.8) is 0 Å². The van der Waals surface area contributed by atoms with E-state index in [1.54, 1.807) is 6.07 Å². The average molecular weight is 163 g/mol. The first-order chi connectivity index (χ1) is 3.30. The molecule has 38 valence electrons. The molecule has 0 saturated heterocycles. The molecule has 0 aliphatic carbocycles. The van der Waals surface area contributed by atoms with E-state index >= 15 is 0 Å². The Balaban J connectivity index is 3.12. The molecule has 1 heterocycles. The summed E-state index contributed by atoms with van der Waals surface area (Å²) in [7, 11) is 0. The van der Waals surface area contributed by atoms with Crippen LogP contribution in [0.3, 0.4) is 0 Å². The number of nitrogens with zero attached hydrogens (tertiary/aromatic N) is 2. The van der Waals surface area contributed by atoms with Gasteiger partial charge in [0.25, 0.3) is 0 Å². The topological polar surface area (TPSA) is 38.0 Å². The van der Waals surface area contributed by atoms with Crippen molar-refractivity contribution in [2.45, 2.75) is 0 Å². The van der Waals surface area contributed by atoms with Crippen LogP contribution in [0.25, 0.3) is 0 Å². The lowest BCUT2D eigenvalue weighted by Crippen LogP contribution is -1.89. The summed E-state index contributed by atoms with van der Waals surface area (Å²) in [5.74, 6) is 0. The molecule has 4 heteroatoms. The predicted molar refractivity (Wildman–Crippen MR) is 27.1 cm³/mol. The first kappa shape index (κ1) is 4.64.